The molecule has 0 atom stereocenters. The van der Waals surface area contributed by atoms with Crippen LogP contribution in [0.5, 0.6) is 0 Å². The van der Waals surface area contributed by atoms with Crippen LogP contribution in [0.1, 0.15) is 52.9 Å². The summed E-state index contributed by atoms with van der Waals surface area (Å²) in [5.74, 6) is 1.86. The minimum atomic E-state index is 0.635. The van der Waals surface area contributed by atoms with Crippen molar-refractivity contribution in [3.8, 4) is 0 Å². The fourth-order valence-corrected chi connectivity index (χ4v) is 2.97. The third-order valence-corrected chi connectivity index (χ3v) is 5.16. The summed E-state index contributed by atoms with van der Waals surface area (Å²) in [6, 6.07) is 0.635. The molecule has 0 aromatic heterocycles. The van der Waals surface area contributed by atoms with E-state index in [4.69, 9.17) is 0 Å². The summed E-state index contributed by atoms with van der Waals surface area (Å²) in [6.07, 6.45) is 6.33. The molecule has 5 heteroatoms. The third kappa shape index (κ3) is 9.48. The average Bonchev–Trinajstić information content (AvgIpc) is 2.57. The van der Waals surface area contributed by atoms with Crippen molar-refractivity contribution in [3.05, 3.63) is 0 Å². The van der Waals surface area contributed by atoms with Crippen molar-refractivity contribution in [2.24, 2.45) is 10.9 Å². The van der Waals surface area contributed by atoms with Crippen LogP contribution in [-0.2, 0) is 0 Å². The first kappa shape index (κ1) is 21.2. The first-order valence-corrected chi connectivity index (χ1v) is 9.90. The number of hydrogen-bond acceptors (Lipinski definition) is 3. The second-order valence-corrected chi connectivity index (χ2v) is 7.58. The molecule has 0 aromatic rings. The molecular weight excluding hydrogens is 298 g/mol. The molecule has 0 spiro atoms. The fourth-order valence-electron chi connectivity index (χ4n) is 2.97. The van der Waals surface area contributed by atoms with Gasteiger partial charge in [0.15, 0.2) is 5.96 Å². The predicted molar refractivity (Wildman–Crippen MR) is 106 cm³/mol. The highest BCUT2D eigenvalue weighted by atomic mass is 15.2. The highest BCUT2D eigenvalue weighted by molar-refractivity contribution is 5.79. The van der Waals surface area contributed by atoms with Crippen LogP contribution in [-0.4, -0.2) is 75.2 Å². The van der Waals surface area contributed by atoms with E-state index in [9.17, 15) is 0 Å². The zero-order chi connectivity index (χ0) is 17.8. The van der Waals surface area contributed by atoms with Crippen LogP contribution in [0.3, 0.4) is 0 Å². The van der Waals surface area contributed by atoms with E-state index in [1.807, 2.05) is 7.05 Å². The SMILES string of the molecule is CN=C(NCCCCN(C)C(C)C)NCCCN1CCC(C)CC1. The lowest BCUT2D eigenvalue weighted by Crippen LogP contribution is -2.40. The van der Waals surface area contributed by atoms with E-state index in [1.165, 1.54) is 58.3 Å². The summed E-state index contributed by atoms with van der Waals surface area (Å²) in [4.78, 5) is 9.31. The van der Waals surface area contributed by atoms with E-state index in [0.29, 0.717) is 6.04 Å². The third-order valence-electron chi connectivity index (χ3n) is 5.16. The van der Waals surface area contributed by atoms with Crippen LogP contribution in [0.15, 0.2) is 4.99 Å². The Morgan fingerprint density at radius 2 is 1.75 bits per heavy atom. The number of guanidine groups is 1. The first-order valence-electron chi connectivity index (χ1n) is 9.90. The fraction of sp³-hybridized carbons (Fsp3) is 0.947. The average molecular weight is 340 g/mol. The Balaban J connectivity index is 2.00. The van der Waals surface area contributed by atoms with Crippen molar-refractivity contribution < 1.29 is 0 Å². The molecule has 5 nitrogen and oxygen atoms in total. The Kier molecular flexibility index (Phi) is 11.1. The summed E-state index contributed by atoms with van der Waals surface area (Å²) in [7, 11) is 4.05. The summed E-state index contributed by atoms with van der Waals surface area (Å²) >= 11 is 0. The zero-order valence-electron chi connectivity index (χ0n) is 16.8. The summed E-state index contributed by atoms with van der Waals surface area (Å²) in [6.45, 7) is 13.8. The maximum Gasteiger partial charge on any atom is 0.190 e. The van der Waals surface area contributed by atoms with Crippen molar-refractivity contribution in [3.63, 3.8) is 0 Å². The van der Waals surface area contributed by atoms with Gasteiger partial charge in [0.2, 0.25) is 0 Å². The van der Waals surface area contributed by atoms with Crippen LogP contribution in [0.2, 0.25) is 0 Å². The van der Waals surface area contributed by atoms with Crippen LogP contribution in [0.25, 0.3) is 0 Å². The standard InChI is InChI=1S/C19H41N5/c1-17(2)23(5)13-7-6-11-21-19(20-4)22-12-8-14-24-15-9-18(3)10-16-24/h17-18H,6-16H2,1-5H3,(H2,20,21,22). The smallest absolute Gasteiger partial charge is 0.190 e. The minimum absolute atomic E-state index is 0.635. The predicted octanol–water partition coefficient (Wildman–Crippen LogP) is 2.39. The lowest BCUT2D eigenvalue weighted by atomic mass is 9.99. The van der Waals surface area contributed by atoms with Crippen molar-refractivity contribution in [2.75, 3.05) is 53.4 Å². The Bertz CT molecular complexity index is 335. The largest absolute Gasteiger partial charge is 0.356 e. The van der Waals surface area contributed by atoms with Gasteiger partial charge in [-0.15, -0.1) is 0 Å². The van der Waals surface area contributed by atoms with Crippen molar-refractivity contribution in [1.29, 1.82) is 0 Å². The number of rotatable bonds is 10. The van der Waals surface area contributed by atoms with E-state index < -0.39 is 0 Å². The number of nitrogens with zero attached hydrogens (tertiary/aromatic N) is 3. The first-order chi connectivity index (χ1) is 11.5. The highest BCUT2D eigenvalue weighted by Crippen LogP contribution is 2.15. The highest BCUT2D eigenvalue weighted by Gasteiger charge is 2.14. The van der Waals surface area contributed by atoms with Crippen molar-refractivity contribution in [2.45, 2.75) is 58.9 Å². The molecule has 0 radical (unpaired) electrons. The van der Waals surface area contributed by atoms with E-state index in [2.05, 4.69) is 53.2 Å². The lowest BCUT2D eigenvalue weighted by molar-refractivity contribution is 0.191. The number of piperidine rings is 1. The molecule has 0 bridgehead atoms. The Hall–Kier alpha value is -0.810. The molecule has 0 saturated carbocycles. The van der Waals surface area contributed by atoms with Crippen LogP contribution >= 0.6 is 0 Å². The molecule has 0 amide bonds. The number of aliphatic imine (C=N–C) groups is 1. The normalized spacial score (nSPS) is 17.7. The molecule has 1 aliphatic heterocycles. The van der Waals surface area contributed by atoms with Crippen LogP contribution in [0, 0.1) is 5.92 Å². The van der Waals surface area contributed by atoms with Gasteiger partial charge in [0.1, 0.15) is 0 Å². The molecule has 0 unspecified atom stereocenters. The maximum atomic E-state index is 4.31. The molecule has 142 valence electrons. The molecule has 1 aliphatic rings. The van der Waals surface area contributed by atoms with E-state index in [0.717, 1.165) is 25.0 Å². The summed E-state index contributed by atoms with van der Waals surface area (Å²) in [5.41, 5.74) is 0. The number of hydrogen-bond donors (Lipinski definition) is 2. The minimum Gasteiger partial charge on any atom is -0.356 e. The quantitative estimate of drug-likeness (QED) is 0.364. The Morgan fingerprint density at radius 3 is 2.33 bits per heavy atom. The molecule has 1 fully saturated rings. The molecule has 24 heavy (non-hydrogen) atoms. The number of nitrogens with one attached hydrogen (secondary N) is 2. The van der Waals surface area contributed by atoms with Crippen molar-refractivity contribution >= 4 is 5.96 Å². The van der Waals surface area contributed by atoms with Gasteiger partial charge in [0.05, 0.1) is 0 Å². The molecule has 0 aliphatic carbocycles. The second-order valence-electron chi connectivity index (χ2n) is 7.58. The molecule has 2 N–H and O–H groups in total. The Morgan fingerprint density at radius 1 is 1.12 bits per heavy atom. The van der Waals surface area contributed by atoms with Gasteiger partial charge < -0.3 is 20.4 Å². The zero-order valence-corrected chi connectivity index (χ0v) is 16.8. The van der Waals surface area contributed by atoms with Gasteiger partial charge in [0, 0.05) is 26.2 Å². The molecule has 1 rings (SSSR count). The van der Waals surface area contributed by atoms with Crippen LogP contribution < -0.4 is 10.6 Å². The van der Waals surface area contributed by atoms with E-state index in [-0.39, 0.29) is 0 Å². The second kappa shape index (κ2) is 12.5. The molecule has 1 saturated heterocycles. The lowest BCUT2D eigenvalue weighted by Gasteiger charge is -2.30. The summed E-state index contributed by atoms with van der Waals surface area (Å²) in [5, 5.41) is 6.86. The van der Waals surface area contributed by atoms with Gasteiger partial charge in [-0.25, -0.2) is 0 Å². The van der Waals surface area contributed by atoms with E-state index in [1.54, 1.807) is 0 Å². The maximum absolute atomic E-state index is 4.31. The number of unbranched alkanes of at least 4 members (excludes halogenated alkanes) is 1. The van der Waals surface area contributed by atoms with Crippen LogP contribution in [0.4, 0.5) is 0 Å². The molecular formula is C19H41N5. The monoisotopic (exact) mass is 339 g/mol. The number of likely N-dealkylation sites (tertiary alicyclic amines) is 1. The van der Waals surface area contributed by atoms with Gasteiger partial charge in [-0.3, -0.25) is 4.99 Å². The van der Waals surface area contributed by atoms with Gasteiger partial charge in [-0.05, 0) is 85.1 Å². The molecule has 0 aromatic carbocycles. The Labute approximate surface area is 150 Å². The molecule has 1 heterocycles. The van der Waals surface area contributed by atoms with Gasteiger partial charge in [0.25, 0.3) is 0 Å². The van der Waals surface area contributed by atoms with Gasteiger partial charge in [-0.1, -0.05) is 6.92 Å². The van der Waals surface area contributed by atoms with Crippen molar-refractivity contribution in [1.82, 2.24) is 20.4 Å². The van der Waals surface area contributed by atoms with Gasteiger partial charge in [-0.2, -0.15) is 0 Å². The summed E-state index contributed by atoms with van der Waals surface area (Å²) < 4.78 is 0. The van der Waals surface area contributed by atoms with E-state index >= 15 is 0 Å². The van der Waals surface area contributed by atoms with Gasteiger partial charge >= 0.3 is 0 Å². The topological polar surface area (TPSA) is 42.9 Å².